The standard InChI is InChI=1S/C20H24Cl4/c1-7-13-14(8-2)17(11(5)19(17,21)22)16(10-4)18(15(13)9-3)12(6)20(18,23)24/h7-12H,1-6H3/b13-7?,14-8+,15-9+,16-10?. The summed E-state index contributed by atoms with van der Waals surface area (Å²) in [7, 11) is 0. The Hall–Kier alpha value is 0.120. The third-order valence-corrected chi connectivity index (χ3v) is 9.21. The Bertz CT molecular complexity index is 668. The topological polar surface area (TPSA) is 0 Å². The molecule has 24 heavy (non-hydrogen) atoms. The molecule has 0 N–H and O–H groups in total. The van der Waals surface area contributed by atoms with Crippen molar-refractivity contribution in [3.63, 3.8) is 0 Å². The zero-order valence-corrected chi connectivity index (χ0v) is 18.0. The minimum Gasteiger partial charge on any atom is -0.0999 e. The number of rotatable bonds is 0. The van der Waals surface area contributed by atoms with Crippen LogP contribution in [0.1, 0.15) is 41.5 Å². The summed E-state index contributed by atoms with van der Waals surface area (Å²) in [6, 6.07) is 0. The first-order valence-corrected chi connectivity index (χ1v) is 10.0. The number of hydrogen-bond acceptors (Lipinski definition) is 0. The van der Waals surface area contributed by atoms with Crippen molar-refractivity contribution in [2.75, 3.05) is 0 Å². The van der Waals surface area contributed by atoms with E-state index in [1.807, 2.05) is 6.92 Å². The molecule has 0 nitrogen and oxygen atoms in total. The van der Waals surface area contributed by atoms with Gasteiger partial charge in [0.2, 0.25) is 0 Å². The first kappa shape index (κ1) is 18.9. The summed E-state index contributed by atoms with van der Waals surface area (Å²) in [6.45, 7) is 12.4. The summed E-state index contributed by atoms with van der Waals surface area (Å²) >= 11 is 27.3. The van der Waals surface area contributed by atoms with Gasteiger partial charge in [-0.15, -0.1) is 0 Å². The molecule has 0 aromatic rings. The van der Waals surface area contributed by atoms with Crippen LogP contribution in [0.5, 0.6) is 0 Å². The van der Waals surface area contributed by atoms with Crippen molar-refractivity contribution in [1.29, 1.82) is 0 Å². The van der Waals surface area contributed by atoms with Crippen LogP contribution in [0.25, 0.3) is 0 Å². The van der Waals surface area contributed by atoms with Gasteiger partial charge >= 0.3 is 0 Å². The summed E-state index contributed by atoms with van der Waals surface area (Å²) < 4.78 is -1.69. The average molecular weight is 406 g/mol. The molecule has 0 aliphatic heterocycles. The van der Waals surface area contributed by atoms with E-state index in [-0.39, 0.29) is 11.8 Å². The van der Waals surface area contributed by atoms with Gasteiger partial charge in [0.15, 0.2) is 0 Å². The second-order valence-electron chi connectivity index (χ2n) is 7.11. The molecule has 0 amide bonds. The van der Waals surface area contributed by atoms with Gasteiger partial charge in [0.1, 0.15) is 8.67 Å². The normalized spacial score (nSPS) is 45.2. The largest absolute Gasteiger partial charge is 0.135 e. The summed E-state index contributed by atoms with van der Waals surface area (Å²) in [4.78, 5) is 0. The van der Waals surface area contributed by atoms with Crippen LogP contribution in [0.3, 0.4) is 0 Å². The predicted molar refractivity (Wildman–Crippen MR) is 107 cm³/mol. The van der Waals surface area contributed by atoms with Crippen molar-refractivity contribution in [3.05, 3.63) is 46.6 Å². The molecule has 0 bridgehead atoms. The molecule has 3 aliphatic carbocycles. The summed E-state index contributed by atoms with van der Waals surface area (Å²) in [5.41, 5.74) is 3.89. The molecule has 3 saturated carbocycles. The lowest BCUT2D eigenvalue weighted by Crippen LogP contribution is -2.35. The van der Waals surface area contributed by atoms with Gasteiger partial charge in [-0.2, -0.15) is 0 Å². The van der Waals surface area contributed by atoms with Crippen LogP contribution in [0.15, 0.2) is 46.6 Å². The smallest absolute Gasteiger partial charge is 0.0999 e. The van der Waals surface area contributed by atoms with E-state index in [0.717, 1.165) is 0 Å². The lowest BCUT2D eigenvalue weighted by Gasteiger charge is -2.42. The van der Waals surface area contributed by atoms with Gasteiger partial charge < -0.3 is 0 Å². The molecule has 4 heteroatoms. The predicted octanol–water partition coefficient (Wildman–Crippen LogP) is 7.41. The fourth-order valence-corrected chi connectivity index (χ4v) is 7.41. The summed E-state index contributed by atoms with van der Waals surface area (Å²) in [5, 5.41) is 0. The lowest BCUT2D eigenvalue weighted by atomic mass is 9.62. The second-order valence-corrected chi connectivity index (χ2v) is 9.89. The van der Waals surface area contributed by atoms with Gasteiger partial charge in [-0.1, -0.05) is 84.6 Å². The fourth-order valence-electron chi connectivity index (χ4n) is 5.50. The number of alkyl halides is 4. The molecule has 0 aromatic carbocycles. The molecular formula is C20H24Cl4. The van der Waals surface area contributed by atoms with E-state index in [2.05, 4.69) is 58.9 Å². The minimum absolute atomic E-state index is 0.105. The van der Waals surface area contributed by atoms with Crippen LogP contribution < -0.4 is 0 Å². The molecular weight excluding hydrogens is 382 g/mol. The Labute approximate surface area is 165 Å². The van der Waals surface area contributed by atoms with Gasteiger partial charge in [0, 0.05) is 11.8 Å². The van der Waals surface area contributed by atoms with E-state index in [1.54, 1.807) is 0 Å². The second kappa shape index (κ2) is 5.32. The number of halogens is 4. The maximum Gasteiger partial charge on any atom is 0.135 e. The van der Waals surface area contributed by atoms with E-state index < -0.39 is 19.5 Å². The van der Waals surface area contributed by atoms with Crippen LogP contribution in [0, 0.1) is 22.7 Å². The minimum atomic E-state index is -0.844. The molecule has 0 saturated heterocycles. The van der Waals surface area contributed by atoms with Crippen LogP contribution in [-0.4, -0.2) is 8.67 Å². The SMILES string of the molecule is CC=C1/C(=C\C)C2(C(=CC)C3(/C1=C/C)C(C)C3(Cl)Cl)C(C)C2(Cl)Cl. The van der Waals surface area contributed by atoms with Crippen LogP contribution in [0.2, 0.25) is 0 Å². The van der Waals surface area contributed by atoms with Gasteiger partial charge in [-0.3, -0.25) is 0 Å². The van der Waals surface area contributed by atoms with Crippen molar-refractivity contribution >= 4 is 46.4 Å². The summed E-state index contributed by atoms with van der Waals surface area (Å²) in [5.74, 6) is 0.209. The van der Waals surface area contributed by atoms with Crippen molar-refractivity contribution in [2.45, 2.75) is 50.2 Å². The van der Waals surface area contributed by atoms with Gasteiger partial charge in [-0.05, 0) is 50.0 Å². The number of allylic oxidation sites excluding steroid dienone is 8. The van der Waals surface area contributed by atoms with E-state index in [4.69, 9.17) is 46.4 Å². The molecule has 0 heterocycles. The van der Waals surface area contributed by atoms with Crippen molar-refractivity contribution in [3.8, 4) is 0 Å². The highest BCUT2D eigenvalue weighted by molar-refractivity contribution is 6.54. The Balaban J connectivity index is 2.41. The van der Waals surface area contributed by atoms with Crippen molar-refractivity contribution < 1.29 is 0 Å². The van der Waals surface area contributed by atoms with E-state index >= 15 is 0 Å². The third kappa shape index (κ3) is 1.62. The van der Waals surface area contributed by atoms with E-state index in [1.165, 1.54) is 22.3 Å². The van der Waals surface area contributed by atoms with Crippen LogP contribution in [0.4, 0.5) is 0 Å². The van der Waals surface area contributed by atoms with Crippen molar-refractivity contribution in [2.24, 2.45) is 22.7 Å². The highest BCUT2D eigenvalue weighted by Gasteiger charge is 2.88. The van der Waals surface area contributed by atoms with Crippen LogP contribution >= 0.6 is 46.4 Å². The summed E-state index contributed by atoms with van der Waals surface area (Å²) in [6.07, 6.45) is 8.58. The van der Waals surface area contributed by atoms with Gasteiger partial charge in [0.05, 0.1) is 10.8 Å². The molecule has 4 unspecified atom stereocenters. The molecule has 0 radical (unpaired) electrons. The molecule has 132 valence electrons. The third-order valence-electron chi connectivity index (χ3n) is 6.71. The molecule has 3 aliphatic rings. The van der Waals surface area contributed by atoms with Gasteiger partial charge in [-0.25, -0.2) is 0 Å². The maximum absolute atomic E-state index is 6.83. The molecule has 0 aromatic heterocycles. The fraction of sp³-hybridized carbons (Fsp3) is 0.600. The first-order chi connectivity index (χ1) is 11.1. The highest BCUT2D eigenvalue weighted by atomic mass is 35.5. The molecule has 3 fully saturated rings. The van der Waals surface area contributed by atoms with E-state index in [9.17, 15) is 0 Å². The Morgan fingerprint density at radius 1 is 0.667 bits per heavy atom. The van der Waals surface area contributed by atoms with Crippen LogP contribution in [-0.2, 0) is 0 Å². The maximum atomic E-state index is 6.83. The molecule has 3 rings (SSSR count). The first-order valence-electron chi connectivity index (χ1n) is 8.53. The zero-order chi connectivity index (χ0) is 18.3. The quantitative estimate of drug-likeness (QED) is 0.290. The highest BCUT2D eigenvalue weighted by Crippen LogP contribution is 2.89. The Kier molecular flexibility index (Phi) is 4.19. The lowest BCUT2D eigenvalue weighted by molar-refractivity contribution is 0.486. The zero-order valence-electron chi connectivity index (χ0n) is 15.0. The number of hydrogen-bond donors (Lipinski definition) is 0. The molecule has 4 atom stereocenters. The Morgan fingerprint density at radius 2 is 1.00 bits per heavy atom. The molecule has 2 spiro atoms. The monoisotopic (exact) mass is 404 g/mol. The average Bonchev–Trinajstić information content (AvgIpc) is 3.17. The van der Waals surface area contributed by atoms with Crippen molar-refractivity contribution in [1.82, 2.24) is 0 Å². The van der Waals surface area contributed by atoms with Gasteiger partial charge in [0.25, 0.3) is 0 Å². The Morgan fingerprint density at radius 3 is 1.17 bits per heavy atom. The van der Waals surface area contributed by atoms with E-state index in [0.29, 0.717) is 0 Å².